The standard InChI is InChI=1S/C22H15F3N4O3/c23-16-10-18(25)17(24)8-13(16)11-32-14-6-7-19-15(9-14)20(29-28-19)26-22(31)27-21(30)12-4-2-1-3-5-12/h1-10H,11H2,(H3,26,27,28,29,30,31). The van der Waals surface area contributed by atoms with Crippen molar-refractivity contribution >= 4 is 28.7 Å². The smallest absolute Gasteiger partial charge is 0.327 e. The zero-order valence-electron chi connectivity index (χ0n) is 16.3. The average molecular weight is 440 g/mol. The lowest BCUT2D eigenvalue weighted by molar-refractivity contribution is 0.0967. The number of nitrogens with zero attached hydrogens (tertiary/aromatic N) is 1. The van der Waals surface area contributed by atoms with Gasteiger partial charge in [0.25, 0.3) is 5.91 Å². The fourth-order valence-corrected chi connectivity index (χ4v) is 2.92. The highest BCUT2D eigenvalue weighted by Gasteiger charge is 2.15. The molecule has 0 radical (unpaired) electrons. The van der Waals surface area contributed by atoms with Gasteiger partial charge in [0.15, 0.2) is 17.5 Å². The van der Waals surface area contributed by atoms with Crippen LogP contribution in [-0.4, -0.2) is 22.1 Å². The van der Waals surface area contributed by atoms with Crippen LogP contribution in [0.1, 0.15) is 15.9 Å². The predicted molar refractivity (Wildman–Crippen MR) is 110 cm³/mol. The number of H-pyrrole nitrogens is 1. The first-order chi connectivity index (χ1) is 15.4. The number of fused-ring (bicyclic) bond motifs is 1. The third kappa shape index (κ3) is 4.53. The average Bonchev–Trinajstić information content (AvgIpc) is 3.17. The summed E-state index contributed by atoms with van der Waals surface area (Å²) in [5.41, 5.74) is 0.712. The van der Waals surface area contributed by atoms with E-state index in [1.807, 2.05) is 0 Å². The van der Waals surface area contributed by atoms with Crippen molar-refractivity contribution in [1.29, 1.82) is 0 Å². The highest BCUT2D eigenvalue weighted by molar-refractivity contribution is 6.09. The van der Waals surface area contributed by atoms with E-state index in [0.29, 0.717) is 22.5 Å². The Morgan fingerprint density at radius 2 is 1.69 bits per heavy atom. The lowest BCUT2D eigenvalue weighted by atomic mass is 10.2. The van der Waals surface area contributed by atoms with E-state index in [1.165, 1.54) is 6.07 Å². The van der Waals surface area contributed by atoms with Crippen LogP contribution >= 0.6 is 0 Å². The van der Waals surface area contributed by atoms with Gasteiger partial charge < -0.3 is 4.74 Å². The van der Waals surface area contributed by atoms with Crippen LogP contribution in [0, 0.1) is 17.5 Å². The van der Waals surface area contributed by atoms with Crippen LogP contribution in [0.5, 0.6) is 5.75 Å². The molecule has 0 atom stereocenters. The van der Waals surface area contributed by atoms with Crippen molar-refractivity contribution in [3.8, 4) is 5.75 Å². The molecule has 0 saturated carbocycles. The fourth-order valence-electron chi connectivity index (χ4n) is 2.92. The molecule has 3 aromatic carbocycles. The molecule has 162 valence electrons. The van der Waals surface area contributed by atoms with Gasteiger partial charge in [0.1, 0.15) is 18.2 Å². The van der Waals surface area contributed by atoms with E-state index in [1.54, 1.807) is 42.5 Å². The summed E-state index contributed by atoms with van der Waals surface area (Å²) in [7, 11) is 0. The van der Waals surface area contributed by atoms with Gasteiger partial charge >= 0.3 is 6.03 Å². The number of ether oxygens (including phenoxy) is 1. The number of nitrogens with one attached hydrogen (secondary N) is 3. The molecule has 0 spiro atoms. The maximum absolute atomic E-state index is 13.8. The molecule has 0 unspecified atom stereocenters. The van der Waals surface area contributed by atoms with Crippen molar-refractivity contribution < 1.29 is 27.5 Å². The minimum atomic E-state index is -1.29. The van der Waals surface area contributed by atoms with Gasteiger partial charge in [0, 0.05) is 22.6 Å². The number of rotatable bonds is 5. The summed E-state index contributed by atoms with van der Waals surface area (Å²) in [6.07, 6.45) is 0. The topological polar surface area (TPSA) is 96.1 Å². The van der Waals surface area contributed by atoms with Crippen molar-refractivity contribution in [3.63, 3.8) is 0 Å². The maximum atomic E-state index is 13.8. The van der Waals surface area contributed by atoms with Gasteiger partial charge in [-0.1, -0.05) is 18.2 Å². The van der Waals surface area contributed by atoms with Crippen LogP contribution in [0.25, 0.3) is 10.9 Å². The lowest BCUT2D eigenvalue weighted by Crippen LogP contribution is -2.34. The van der Waals surface area contributed by atoms with E-state index in [0.717, 1.165) is 6.07 Å². The van der Waals surface area contributed by atoms with Crippen LogP contribution in [0.3, 0.4) is 0 Å². The first kappa shape index (κ1) is 20.9. The molecule has 0 aliphatic carbocycles. The molecule has 0 fully saturated rings. The molecule has 10 heteroatoms. The second-order valence-corrected chi connectivity index (χ2v) is 6.70. The predicted octanol–water partition coefficient (Wildman–Crippen LogP) is 4.52. The van der Waals surface area contributed by atoms with Gasteiger partial charge in [-0.05, 0) is 36.4 Å². The monoisotopic (exact) mass is 440 g/mol. The number of anilines is 1. The number of carbonyl (C=O) groups is 2. The number of hydrogen-bond donors (Lipinski definition) is 3. The first-order valence-corrected chi connectivity index (χ1v) is 9.32. The number of halogens is 3. The normalized spacial score (nSPS) is 10.7. The minimum absolute atomic E-state index is 0.128. The van der Waals surface area contributed by atoms with E-state index in [-0.39, 0.29) is 23.7 Å². The number of carbonyl (C=O) groups excluding carboxylic acids is 2. The molecular weight excluding hydrogens is 425 g/mol. The Morgan fingerprint density at radius 1 is 0.938 bits per heavy atom. The molecule has 0 saturated heterocycles. The summed E-state index contributed by atoms with van der Waals surface area (Å²) < 4.78 is 45.7. The second kappa shape index (κ2) is 8.80. The molecule has 3 N–H and O–H groups in total. The summed E-state index contributed by atoms with van der Waals surface area (Å²) in [5.74, 6) is -3.59. The van der Waals surface area contributed by atoms with Gasteiger partial charge in [0.05, 0.1) is 5.52 Å². The maximum Gasteiger partial charge on any atom is 0.327 e. The third-order valence-electron chi connectivity index (χ3n) is 4.51. The molecule has 32 heavy (non-hydrogen) atoms. The van der Waals surface area contributed by atoms with E-state index < -0.39 is 29.4 Å². The number of aromatic amines is 1. The van der Waals surface area contributed by atoms with Gasteiger partial charge in [-0.3, -0.25) is 20.5 Å². The summed E-state index contributed by atoms with van der Waals surface area (Å²) in [6.45, 7) is -0.346. The largest absolute Gasteiger partial charge is 0.489 e. The molecule has 1 aromatic heterocycles. The van der Waals surface area contributed by atoms with Gasteiger partial charge in [0.2, 0.25) is 0 Å². The molecule has 7 nitrogen and oxygen atoms in total. The number of hydrogen-bond acceptors (Lipinski definition) is 4. The summed E-state index contributed by atoms with van der Waals surface area (Å²) in [6, 6.07) is 13.3. The second-order valence-electron chi connectivity index (χ2n) is 6.70. The van der Waals surface area contributed by atoms with Crippen molar-refractivity contribution in [3.05, 3.63) is 89.2 Å². The van der Waals surface area contributed by atoms with Gasteiger partial charge in [-0.25, -0.2) is 18.0 Å². The van der Waals surface area contributed by atoms with Crippen LogP contribution in [-0.2, 0) is 6.61 Å². The number of imide groups is 1. The van der Waals surface area contributed by atoms with Crippen molar-refractivity contribution in [1.82, 2.24) is 15.5 Å². The van der Waals surface area contributed by atoms with Gasteiger partial charge in [-0.2, -0.15) is 5.10 Å². The molecular formula is C22H15F3N4O3. The minimum Gasteiger partial charge on any atom is -0.489 e. The summed E-state index contributed by atoms with van der Waals surface area (Å²) in [4.78, 5) is 24.3. The van der Waals surface area contributed by atoms with Crippen LogP contribution in [0.4, 0.5) is 23.8 Å². The Balaban J connectivity index is 1.46. The highest BCUT2D eigenvalue weighted by Crippen LogP contribution is 2.26. The Morgan fingerprint density at radius 3 is 2.47 bits per heavy atom. The van der Waals surface area contributed by atoms with E-state index in [4.69, 9.17) is 4.74 Å². The lowest BCUT2D eigenvalue weighted by Gasteiger charge is -2.08. The molecule has 1 heterocycles. The molecule has 0 aliphatic heterocycles. The van der Waals surface area contributed by atoms with Crippen LogP contribution in [0.15, 0.2) is 60.7 Å². The fraction of sp³-hybridized carbons (Fsp3) is 0.0455. The zero-order chi connectivity index (χ0) is 22.7. The van der Waals surface area contributed by atoms with E-state index in [9.17, 15) is 22.8 Å². The highest BCUT2D eigenvalue weighted by atomic mass is 19.2. The van der Waals surface area contributed by atoms with Crippen LogP contribution in [0.2, 0.25) is 0 Å². The number of amides is 3. The van der Waals surface area contributed by atoms with Crippen molar-refractivity contribution in [2.45, 2.75) is 6.61 Å². The summed E-state index contributed by atoms with van der Waals surface area (Å²) in [5, 5.41) is 11.8. The zero-order valence-corrected chi connectivity index (χ0v) is 16.3. The number of benzene rings is 3. The third-order valence-corrected chi connectivity index (χ3v) is 4.51. The molecule has 0 aliphatic rings. The van der Waals surface area contributed by atoms with Crippen molar-refractivity contribution in [2.75, 3.05) is 5.32 Å². The molecule has 4 rings (SSSR count). The number of aromatic nitrogens is 2. The van der Waals surface area contributed by atoms with E-state index in [2.05, 4.69) is 20.8 Å². The Kier molecular flexibility index (Phi) is 5.75. The van der Waals surface area contributed by atoms with Gasteiger partial charge in [-0.15, -0.1) is 0 Å². The Hall–Kier alpha value is -4.34. The summed E-state index contributed by atoms with van der Waals surface area (Å²) >= 11 is 0. The van der Waals surface area contributed by atoms with Crippen LogP contribution < -0.4 is 15.4 Å². The van der Waals surface area contributed by atoms with E-state index >= 15 is 0 Å². The molecule has 4 aromatic rings. The number of urea groups is 1. The SMILES string of the molecule is O=C(NC(=O)c1ccccc1)Nc1n[nH]c2ccc(OCc3cc(F)c(F)cc3F)cc12. The molecule has 0 bridgehead atoms. The van der Waals surface area contributed by atoms with Crippen molar-refractivity contribution in [2.24, 2.45) is 0 Å². The Bertz CT molecular complexity index is 1310. The first-order valence-electron chi connectivity index (χ1n) is 9.32. The Labute approximate surface area is 179 Å². The quantitative estimate of drug-likeness (QED) is 0.398. The molecule has 3 amide bonds.